The molecule has 84 valence electrons. The highest BCUT2D eigenvalue weighted by Crippen LogP contribution is 2.24. The van der Waals surface area contributed by atoms with Crippen LogP contribution in [0.5, 0.6) is 0 Å². The summed E-state index contributed by atoms with van der Waals surface area (Å²) < 4.78 is 2.76. The van der Waals surface area contributed by atoms with E-state index in [-0.39, 0.29) is 0 Å². The summed E-state index contributed by atoms with van der Waals surface area (Å²) in [6.07, 6.45) is 1.93. The van der Waals surface area contributed by atoms with Crippen molar-refractivity contribution < 1.29 is 0 Å². The van der Waals surface area contributed by atoms with Crippen molar-refractivity contribution in [1.82, 2.24) is 15.1 Å². The zero-order chi connectivity index (χ0) is 11.5. The molecule has 5 heteroatoms. The van der Waals surface area contributed by atoms with Crippen LogP contribution in [0.1, 0.15) is 5.69 Å². The van der Waals surface area contributed by atoms with E-state index >= 15 is 0 Å². The molecule has 0 unspecified atom stereocenters. The van der Waals surface area contributed by atoms with Crippen LogP contribution in [0, 0.1) is 0 Å². The van der Waals surface area contributed by atoms with Gasteiger partial charge in [-0.05, 0) is 47.2 Å². The van der Waals surface area contributed by atoms with Gasteiger partial charge in [0, 0.05) is 22.2 Å². The van der Waals surface area contributed by atoms with E-state index in [9.17, 15) is 0 Å². The molecule has 1 heterocycles. The van der Waals surface area contributed by atoms with Crippen molar-refractivity contribution in [2.45, 2.75) is 6.54 Å². The molecule has 16 heavy (non-hydrogen) atoms. The summed E-state index contributed by atoms with van der Waals surface area (Å²) in [7, 11) is 1.90. The molecule has 2 rings (SSSR count). The monoisotopic (exact) mass is 299 g/mol. The van der Waals surface area contributed by atoms with Gasteiger partial charge in [-0.15, -0.1) is 0 Å². The van der Waals surface area contributed by atoms with E-state index in [2.05, 4.69) is 26.3 Å². The van der Waals surface area contributed by atoms with Crippen LogP contribution in [0.15, 0.2) is 34.9 Å². The number of benzene rings is 1. The van der Waals surface area contributed by atoms with Crippen LogP contribution in [0.4, 0.5) is 0 Å². The summed E-state index contributed by atoms with van der Waals surface area (Å²) in [4.78, 5) is 0. The van der Waals surface area contributed by atoms with Crippen LogP contribution in [-0.4, -0.2) is 16.8 Å². The molecule has 0 aliphatic heterocycles. The van der Waals surface area contributed by atoms with Gasteiger partial charge >= 0.3 is 0 Å². The smallest absolute Gasteiger partial charge is 0.0788 e. The minimum absolute atomic E-state index is 0.707. The Balaban J connectivity index is 2.35. The first kappa shape index (κ1) is 11.6. The second kappa shape index (κ2) is 4.99. The lowest BCUT2D eigenvalue weighted by atomic mass is 10.3. The van der Waals surface area contributed by atoms with Crippen LogP contribution in [0.3, 0.4) is 0 Å². The van der Waals surface area contributed by atoms with Crippen molar-refractivity contribution >= 4 is 27.5 Å². The van der Waals surface area contributed by atoms with E-state index in [1.54, 1.807) is 0 Å². The predicted molar refractivity (Wildman–Crippen MR) is 69.0 cm³/mol. The Bertz CT molecular complexity index is 496. The van der Waals surface area contributed by atoms with Gasteiger partial charge in [-0.2, -0.15) is 5.10 Å². The Labute approximate surface area is 108 Å². The summed E-state index contributed by atoms with van der Waals surface area (Å²) in [6.45, 7) is 0.762. The van der Waals surface area contributed by atoms with Crippen molar-refractivity contribution in [3.05, 3.63) is 45.7 Å². The number of rotatable bonds is 3. The Kier molecular flexibility index (Phi) is 3.63. The normalized spacial score (nSPS) is 10.7. The van der Waals surface area contributed by atoms with Crippen molar-refractivity contribution in [1.29, 1.82) is 0 Å². The number of hydrogen-bond donors (Lipinski definition) is 1. The van der Waals surface area contributed by atoms with E-state index < -0.39 is 0 Å². The maximum absolute atomic E-state index is 5.89. The molecule has 0 saturated carbocycles. The standard InChI is InChI=1S/C11H11BrClN3/c1-14-7-9-4-5-16(15-9)11-3-2-8(13)6-10(11)12/h2-6,14H,7H2,1H3. The molecule has 0 amide bonds. The quantitative estimate of drug-likeness (QED) is 0.944. The lowest BCUT2D eigenvalue weighted by Crippen LogP contribution is -2.06. The lowest BCUT2D eigenvalue weighted by Gasteiger charge is -2.04. The van der Waals surface area contributed by atoms with Gasteiger partial charge in [0.1, 0.15) is 0 Å². The summed E-state index contributed by atoms with van der Waals surface area (Å²) in [6, 6.07) is 7.62. The van der Waals surface area contributed by atoms with Crippen LogP contribution < -0.4 is 5.32 Å². The van der Waals surface area contributed by atoms with Crippen molar-refractivity contribution in [3.63, 3.8) is 0 Å². The summed E-state index contributed by atoms with van der Waals surface area (Å²) in [5, 5.41) is 8.21. The SMILES string of the molecule is CNCc1ccn(-c2ccc(Cl)cc2Br)n1. The highest BCUT2D eigenvalue weighted by atomic mass is 79.9. The van der Waals surface area contributed by atoms with Crippen LogP contribution >= 0.6 is 27.5 Å². The van der Waals surface area contributed by atoms with Crippen LogP contribution in [0.25, 0.3) is 5.69 Å². The number of aromatic nitrogens is 2. The van der Waals surface area contributed by atoms with Crippen molar-refractivity contribution in [3.8, 4) is 5.69 Å². The van der Waals surface area contributed by atoms with Crippen molar-refractivity contribution in [2.24, 2.45) is 0 Å². The molecular weight excluding hydrogens is 289 g/mol. The van der Waals surface area contributed by atoms with Gasteiger partial charge in [0.05, 0.1) is 11.4 Å². The maximum atomic E-state index is 5.89. The molecule has 2 aromatic rings. The number of nitrogens with one attached hydrogen (secondary N) is 1. The van der Waals surface area contributed by atoms with E-state index in [0.29, 0.717) is 5.02 Å². The molecule has 0 aliphatic rings. The highest BCUT2D eigenvalue weighted by molar-refractivity contribution is 9.10. The molecule has 1 N–H and O–H groups in total. The number of hydrogen-bond acceptors (Lipinski definition) is 2. The first-order chi connectivity index (χ1) is 7.70. The molecule has 0 bridgehead atoms. The average Bonchev–Trinajstić information content (AvgIpc) is 2.67. The topological polar surface area (TPSA) is 29.9 Å². The fraction of sp³-hybridized carbons (Fsp3) is 0.182. The van der Waals surface area contributed by atoms with E-state index in [0.717, 1.165) is 22.4 Å². The second-order valence-corrected chi connectivity index (χ2v) is 4.67. The summed E-state index contributed by atoms with van der Waals surface area (Å²) in [5.41, 5.74) is 1.98. The third-order valence-electron chi connectivity index (χ3n) is 2.16. The Morgan fingerprint density at radius 3 is 2.94 bits per heavy atom. The van der Waals surface area contributed by atoms with Crippen molar-refractivity contribution in [2.75, 3.05) is 7.05 Å². The fourth-order valence-electron chi connectivity index (χ4n) is 1.44. The van der Waals surface area contributed by atoms with Gasteiger partial charge in [0.2, 0.25) is 0 Å². The first-order valence-electron chi connectivity index (χ1n) is 4.85. The first-order valence-corrected chi connectivity index (χ1v) is 6.02. The molecule has 1 aromatic heterocycles. The average molecular weight is 301 g/mol. The van der Waals surface area contributed by atoms with E-state index in [1.807, 2.05) is 42.2 Å². The predicted octanol–water partition coefficient (Wildman–Crippen LogP) is 3.01. The molecule has 0 aliphatic carbocycles. The zero-order valence-corrected chi connectivity index (χ0v) is 11.1. The Morgan fingerprint density at radius 1 is 1.44 bits per heavy atom. The minimum atomic E-state index is 0.707. The molecule has 0 radical (unpaired) electrons. The number of halogens is 2. The van der Waals surface area contributed by atoms with Crippen LogP contribution in [-0.2, 0) is 6.54 Å². The molecule has 0 atom stereocenters. The second-order valence-electron chi connectivity index (χ2n) is 3.38. The third-order valence-corrected chi connectivity index (χ3v) is 3.03. The molecule has 0 saturated heterocycles. The largest absolute Gasteiger partial charge is 0.314 e. The van der Waals surface area contributed by atoms with Gasteiger partial charge in [-0.1, -0.05) is 11.6 Å². The van der Waals surface area contributed by atoms with Gasteiger partial charge in [-0.25, -0.2) is 4.68 Å². The third kappa shape index (κ3) is 2.45. The Morgan fingerprint density at radius 2 is 2.25 bits per heavy atom. The van der Waals surface area contributed by atoms with Gasteiger partial charge in [0.25, 0.3) is 0 Å². The summed E-state index contributed by atoms with van der Waals surface area (Å²) in [5.74, 6) is 0. The lowest BCUT2D eigenvalue weighted by molar-refractivity contribution is 0.756. The number of nitrogens with zero attached hydrogens (tertiary/aromatic N) is 2. The fourth-order valence-corrected chi connectivity index (χ4v) is 2.30. The molecule has 0 fully saturated rings. The minimum Gasteiger partial charge on any atom is -0.314 e. The van der Waals surface area contributed by atoms with Crippen LogP contribution in [0.2, 0.25) is 5.02 Å². The highest BCUT2D eigenvalue weighted by Gasteiger charge is 2.05. The summed E-state index contributed by atoms with van der Waals surface area (Å²) >= 11 is 9.36. The van der Waals surface area contributed by atoms with Gasteiger partial charge in [0.15, 0.2) is 0 Å². The Hall–Kier alpha value is -0.840. The molecule has 1 aromatic carbocycles. The van der Waals surface area contributed by atoms with Gasteiger partial charge < -0.3 is 5.32 Å². The zero-order valence-electron chi connectivity index (χ0n) is 8.74. The molecular formula is C11H11BrClN3. The van der Waals surface area contributed by atoms with E-state index in [4.69, 9.17) is 11.6 Å². The molecule has 3 nitrogen and oxygen atoms in total. The van der Waals surface area contributed by atoms with E-state index in [1.165, 1.54) is 0 Å². The maximum Gasteiger partial charge on any atom is 0.0788 e. The molecule has 0 spiro atoms. The van der Waals surface area contributed by atoms with Gasteiger partial charge in [-0.3, -0.25) is 0 Å².